The summed E-state index contributed by atoms with van der Waals surface area (Å²) in [5.41, 5.74) is 0.929. The fourth-order valence-electron chi connectivity index (χ4n) is 1.97. The van der Waals surface area contributed by atoms with Gasteiger partial charge in [-0.3, -0.25) is 0 Å². The van der Waals surface area contributed by atoms with Gasteiger partial charge in [-0.15, -0.1) is 34.2 Å². The molecule has 7 nitrogen and oxygen atoms in total. The van der Waals surface area contributed by atoms with Crippen molar-refractivity contribution in [3.8, 4) is 0 Å². The predicted octanol–water partition coefficient (Wildman–Crippen LogP) is 1.76. The average Bonchev–Trinajstić information content (AvgIpc) is 2.90. The van der Waals surface area contributed by atoms with Crippen molar-refractivity contribution in [3.63, 3.8) is 0 Å². The summed E-state index contributed by atoms with van der Waals surface area (Å²) < 4.78 is 19.9. The molecule has 0 saturated heterocycles. The minimum atomic E-state index is -0.253. The highest BCUT2D eigenvalue weighted by Gasteiger charge is 2.06. The van der Waals surface area contributed by atoms with Crippen LogP contribution < -0.4 is 10.6 Å². The summed E-state index contributed by atoms with van der Waals surface area (Å²) in [7, 11) is 3.56. The lowest BCUT2D eigenvalue weighted by molar-refractivity contribution is 0.203. The Kier molecular flexibility index (Phi) is 9.35. The van der Waals surface area contributed by atoms with Crippen LogP contribution in [0.5, 0.6) is 0 Å². The lowest BCUT2D eigenvalue weighted by Crippen LogP contribution is -2.39. The highest BCUT2D eigenvalue weighted by atomic mass is 127. The topological polar surface area (TPSA) is 76.4 Å². The highest BCUT2D eigenvalue weighted by Crippen LogP contribution is 2.04. The summed E-state index contributed by atoms with van der Waals surface area (Å²) in [6.07, 6.45) is 0. The van der Waals surface area contributed by atoms with Gasteiger partial charge in [-0.25, -0.2) is 9.38 Å². The number of methoxy groups -OCH3 is 1. The Morgan fingerprint density at radius 2 is 1.96 bits per heavy atom. The maximum atomic E-state index is 12.9. The van der Waals surface area contributed by atoms with Crippen LogP contribution in [0, 0.1) is 12.7 Å². The molecule has 0 saturated carbocycles. The third kappa shape index (κ3) is 6.94. The lowest BCUT2D eigenvalue weighted by Gasteiger charge is -2.12. The third-order valence-corrected chi connectivity index (χ3v) is 3.53. The molecule has 0 aliphatic rings. The molecule has 138 valence electrons. The molecule has 1 aromatic heterocycles. The van der Waals surface area contributed by atoms with Crippen molar-refractivity contribution < 1.29 is 9.13 Å². The van der Waals surface area contributed by atoms with Crippen molar-refractivity contribution in [1.82, 2.24) is 25.4 Å². The smallest absolute Gasteiger partial charge is 0.192 e. The summed E-state index contributed by atoms with van der Waals surface area (Å²) >= 11 is 0. The van der Waals surface area contributed by atoms with E-state index in [4.69, 9.17) is 4.74 Å². The standard InChI is InChI=1S/C16H23FN6O.HI/c1-12-21-22-15(23(12)2)11-20-16(18-8-9-24-3)19-10-13-4-6-14(17)7-5-13;/h4-7H,8-11H2,1-3H3,(H2,18,19,20);1H. The SMILES string of the molecule is COCCNC(=NCc1ccc(F)cc1)NCc1nnc(C)n1C.I. The van der Waals surface area contributed by atoms with Crippen molar-refractivity contribution in [3.05, 3.63) is 47.3 Å². The number of guanidine groups is 1. The molecule has 0 bridgehead atoms. The average molecular weight is 462 g/mol. The Labute approximate surface area is 164 Å². The van der Waals surface area contributed by atoms with Gasteiger partial charge in [-0.05, 0) is 24.6 Å². The van der Waals surface area contributed by atoms with Gasteiger partial charge in [-0.2, -0.15) is 0 Å². The lowest BCUT2D eigenvalue weighted by atomic mass is 10.2. The number of hydrogen-bond acceptors (Lipinski definition) is 4. The van der Waals surface area contributed by atoms with Crippen LogP contribution in [0.15, 0.2) is 29.3 Å². The first-order valence-corrected chi connectivity index (χ1v) is 7.70. The predicted molar refractivity (Wildman–Crippen MR) is 105 cm³/mol. The minimum Gasteiger partial charge on any atom is -0.383 e. The molecule has 1 heterocycles. The number of aromatic nitrogens is 3. The molecule has 25 heavy (non-hydrogen) atoms. The Hall–Kier alpha value is -1.75. The first-order valence-electron chi connectivity index (χ1n) is 7.70. The number of nitrogens with zero attached hydrogens (tertiary/aromatic N) is 4. The Morgan fingerprint density at radius 1 is 1.24 bits per heavy atom. The van der Waals surface area contributed by atoms with Crippen molar-refractivity contribution in [2.24, 2.45) is 12.0 Å². The van der Waals surface area contributed by atoms with Crippen LogP contribution in [0.25, 0.3) is 0 Å². The van der Waals surface area contributed by atoms with Crippen LogP contribution in [-0.2, 0) is 24.9 Å². The molecule has 0 atom stereocenters. The van der Waals surface area contributed by atoms with E-state index in [1.807, 2.05) is 18.5 Å². The second-order valence-corrected chi connectivity index (χ2v) is 5.29. The molecule has 0 radical (unpaired) electrons. The number of nitrogens with one attached hydrogen (secondary N) is 2. The second-order valence-electron chi connectivity index (χ2n) is 5.29. The molecule has 2 aromatic rings. The van der Waals surface area contributed by atoms with E-state index in [0.717, 1.165) is 17.2 Å². The minimum absolute atomic E-state index is 0. The van der Waals surface area contributed by atoms with E-state index in [-0.39, 0.29) is 29.8 Å². The van der Waals surface area contributed by atoms with Crippen molar-refractivity contribution in [2.45, 2.75) is 20.0 Å². The van der Waals surface area contributed by atoms with E-state index < -0.39 is 0 Å². The van der Waals surface area contributed by atoms with E-state index in [1.165, 1.54) is 12.1 Å². The normalized spacial score (nSPS) is 11.1. The summed E-state index contributed by atoms with van der Waals surface area (Å²) in [4.78, 5) is 4.51. The van der Waals surface area contributed by atoms with Gasteiger partial charge in [0.05, 0.1) is 19.7 Å². The zero-order valence-corrected chi connectivity index (χ0v) is 17.0. The second kappa shape index (κ2) is 11.0. The van der Waals surface area contributed by atoms with Crippen molar-refractivity contribution in [1.29, 1.82) is 0 Å². The largest absolute Gasteiger partial charge is 0.383 e. The van der Waals surface area contributed by atoms with Crippen molar-refractivity contribution in [2.75, 3.05) is 20.3 Å². The number of benzene rings is 1. The van der Waals surface area contributed by atoms with Gasteiger partial charge in [0.2, 0.25) is 0 Å². The molecule has 9 heteroatoms. The van der Waals surface area contributed by atoms with Crippen LogP contribution in [0.4, 0.5) is 4.39 Å². The van der Waals surface area contributed by atoms with Gasteiger partial charge < -0.3 is 19.9 Å². The molecule has 2 rings (SSSR count). The maximum Gasteiger partial charge on any atom is 0.192 e. The van der Waals surface area contributed by atoms with E-state index in [1.54, 1.807) is 19.2 Å². The summed E-state index contributed by atoms with van der Waals surface area (Å²) in [5.74, 6) is 2.05. The molecule has 1 aromatic carbocycles. The van der Waals surface area contributed by atoms with Crippen LogP contribution in [0.2, 0.25) is 0 Å². The summed E-state index contributed by atoms with van der Waals surface area (Å²) in [6, 6.07) is 6.30. The van der Waals surface area contributed by atoms with Crippen molar-refractivity contribution >= 4 is 29.9 Å². The van der Waals surface area contributed by atoms with Gasteiger partial charge in [0.25, 0.3) is 0 Å². The van der Waals surface area contributed by atoms with Crippen LogP contribution in [0.3, 0.4) is 0 Å². The molecule has 0 spiro atoms. The fourth-order valence-corrected chi connectivity index (χ4v) is 1.97. The number of aryl methyl sites for hydroxylation is 1. The zero-order chi connectivity index (χ0) is 17.4. The maximum absolute atomic E-state index is 12.9. The van der Waals surface area contributed by atoms with Gasteiger partial charge in [0, 0.05) is 20.7 Å². The molecular weight excluding hydrogens is 438 g/mol. The monoisotopic (exact) mass is 462 g/mol. The highest BCUT2D eigenvalue weighted by molar-refractivity contribution is 14.0. The molecule has 0 unspecified atom stereocenters. The van der Waals surface area contributed by atoms with E-state index >= 15 is 0 Å². The molecule has 2 N–H and O–H groups in total. The molecule has 0 aliphatic carbocycles. The van der Waals surface area contributed by atoms with Gasteiger partial charge in [0.15, 0.2) is 11.8 Å². The van der Waals surface area contributed by atoms with Gasteiger partial charge >= 0.3 is 0 Å². The molecule has 0 amide bonds. The van der Waals surface area contributed by atoms with E-state index in [2.05, 4.69) is 25.8 Å². The zero-order valence-electron chi connectivity index (χ0n) is 14.6. The van der Waals surface area contributed by atoms with Crippen LogP contribution in [-0.4, -0.2) is 41.0 Å². The first-order chi connectivity index (χ1) is 11.6. The summed E-state index contributed by atoms with van der Waals surface area (Å²) in [6.45, 7) is 4.04. The number of ether oxygens (including phenoxy) is 1. The van der Waals surface area contributed by atoms with Gasteiger partial charge in [0.1, 0.15) is 11.6 Å². The Balaban J connectivity index is 0.00000312. The first kappa shape index (κ1) is 21.3. The third-order valence-electron chi connectivity index (χ3n) is 3.53. The molecular formula is C16H24FIN6O. The van der Waals surface area contributed by atoms with E-state index in [0.29, 0.717) is 32.2 Å². The number of halogens is 2. The van der Waals surface area contributed by atoms with Crippen LogP contribution in [0.1, 0.15) is 17.2 Å². The molecule has 0 aliphatic heterocycles. The van der Waals surface area contributed by atoms with E-state index in [9.17, 15) is 4.39 Å². The Morgan fingerprint density at radius 3 is 2.56 bits per heavy atom. The number of rotatable bonds is 7. The summed E-state index contributed by atoms with van der Waals surface area (Å²) in [5, 5.41) is 14.5. The molecule has 0 fully saturated rings. The van der Waals surface area contributed by atoms with Crippen LogP contribution >= 0.6 is 24.0 Å². The number of aliphatic imine (C=N–C) groups is 1. The quantitative estimate of drug-likeness (QED) is 0.284. The fraction of sp³-hybridized carbons (Fsp3) is 0.438. The Bertz CT molecular complexity index is 674. The van der Waals surface area contributed by atoms with Gasteiger partial charge in [-0.1, -0.05) is 12.1 Å². The number of hydrogen-bond donors (Lipinski definition) is 2.